The highest BCUT2D eigenvalue weighted by atomic mass is 16.5. The maximum Gasteiger partial charge on any atom is 0.323 e. The molecule has 5 rings (SSSR count). The number of fused-ring (bicyclic) bond motifs is 2. The third-order valence-electron chi connectivity index (χ3n) is 7.62. The molecule has 2 aromatic rings. The van der Waals surface area contributed by atoms with Gasteiger partial charge in [-0.3, -0.25) is 4.79 Å². The molecular formula is C25H35N3O2. The van der Waals surface area contributed by atoms with Gasteiger partial charge in [-0.15, -0.1) is 0 Å². The Bertz CT molecular complexity index is 882. The number of piperidine rings is 1. The fraction of sp³-hybridized carbons (Fsp3) is 0.640. The first kappa shape index (κ1) is 20.1. The van der Waals surface area contributed by atoms with Crippen molar-refractivity contribution in [3.05, 3.63) is 35.5 Å². The van der Waals surface area contributed by atoms with Gasteiger partial charge in [-0.25, -0.2) is 0 Å². The molecule has 0 radical (unpaired) electrons. The lowest BCUT2D eigenvalue weighted by Gasteiger charge is -2.45. The van der Waals surface area contributed by atoms with Gasteiger partial charge in [0.2, 0.25) is 0 Å². The van der Waals surface area contributed by atoms with Crippen molar-refractivity contribution in [1.29, 1.82) is 0 Å². The van der Waals surface area contributed by atoms with E-state index in [1.807, 2.05) is 0 Å². The van der Waals surface area contributed by atoms with E-state index in [4.69, 9.17) is 4.74 Å². The first-order chi connectivity index (χ1) is 14.7. The van der Waals surface area contributed by atoms with Gasteiger partial charge in [-0.2, -0.15) is 0 Å². The summed E-state index contributed by atoms with van der Waals surface area (Å²) >= 11 is 0. The SMILES string of the molecule is CN1C[C@H](COC(=O)[C@H]2CCCCCCCN2)C[C@@H]2c3cccc4[nH]cc(c34)C[C@H]21. The number of nitrogens with one attached hydrogen (secondary N) is 2. The van der Waals surface area contributed by atoms with Crippen molar-refractivity contribution in [2.75, 3.05) is 26.7 Å². The summed E-state index contributed by atoms with van der Waals surface area (Å²) in [5.74, 6) is 0.870. The predicted octanol–water partition coefficient (Wildman–Crippen LogP) is 3.98. The zero-order chi connectivity index (χ0) is 20.5. The molecule has 0 saturated carbocycles. The van der Waals surface area contributed by atoms with Crippen molar-refractivity contribution in [1.82, 2.24) is 15.2 Å². The van der Waals surface area contributed by atoms with E-state index in [-0.39, 0.29) is 12.0 Å². The van der Waals surface area contributed by atoms with Crippen LogP contribution >= 0.6 is 0 Å². The number of rotatable bonds is 3. The van der Waals surface area contributed by atoms with Crippen LogP contribution in [0.5, 0.6) is 0 Å². The molecule has 2 aliphatic heterocycles. The highest BCUT2D eigenvalue weighted by Gasteiger charge is 2.39. The number of esters is 1. The molecule has 0 unspecified atom stereocenters. The minimum Gasteiger partial charge on any atom is -0.464 e. The Morgan fingerprint density at radius 3 is 3.00 bits per heavy atom. The van der Waals surface area contributed by atoms with Crippen LogP contribution in [0.15, 0.2) is 24.4 Å². The molecule has 3 heterocycles. The number of likely N-dealkylation sites (N-methyl/N-ethyl adjacent to an activating group) is 1. The minimum absolute atomic E-state index is 0.0413. The number of aromatic amines is 1. The van der Waals surface area contributed by atoms with Crippen LogP contribution < -0.4 is 5.32 Å². The quantitative estimate of drug-likeness (QED) is 0.753. The molecule has 2 saturated heterocycles. The van der Waals surface area contributed by atoms with E-state index < -0.39 is 0 Å². The molecule has 5 heteroatoms. The van der Waals surface area contributed by atoms with E-state index >= 15 is 0 Å². The number of aromatic nitrogens is 1. The van der Waals surface area contributed by atoms with Crippen molar-refractivity contribution < 1.29 is 9.53 Å². The van der Waals surface area contributed by atoms with Crippen molar-refractivity contribution in [2.45, 2.75) is 69.4 Å². The minimum atomic E-state index is -0.122. The van der Waals surface area contributed by atoms with Gasteiger partial charge in [0.25, 0.3) is 0 Å². The highest BCUT2D eigenvalue weighted by molar-refractivity contribution is 5.88. The van der Waals surface area contributed by atoms with Crippen molar-refractivity contribution in [3.63, 3.8) is 0 Å². The molecule has 4 atom stereocenters. The Morgan fingerprint density at radius 2 is 2.07 bits per heavy atom. The van der Waals surface area contributed by atoms with Gasteiger partial charge in [0.1, 0.15) is 6.04 Å². The van der Waals surface area contributed by atoms with E-state index in [1.165, 1.54) is 41.3 Å². The molecular weight excluding hydrogens is 374 g/mol. The standard InChI is InChI=1S/C25H35N3O2/c1-28-15-17(16-30-25(29)22-9-5-3-2-4-6-11-26-22)12-20-19-8-7-10-21-24(19)18(14-27-21)13-23(20)28/h7-8,10,14,17,20,22-23,26-27H,2-6,9,11-13,15-16H2,1H3/t17-,20-,22-,23-/m1/s1. The average Bonchev–Trinajstić information content (AvgIpc) is 3.22. The fourth-order valence-electron chi connectivity index (χ4n) is 6.06. The first-order valence-corrected chi connectivity index (χ1v) is 11.9. The second-order valence-corrected chi connectivity index (χ2v) is 9.70. The van der Waals surface area contributed by atoms with Gasteiger partial charge in [-0.1, -0.05) is 37.8 Å². The lowest BCUT2D eigenvalue weighted by molar-refractivity contribution is -0.148. The molecule has 1 aromatic heterocycles. The smallest absolute Gasteiger partial charge is 0.323 e. The summed E-state index contributed by atoms with van der Waals surface area (Å²) in [6.45, 7) is 2.47. The van der Waals surface area contributed by atoms with E-state index in [1.54, 1.807) is 0 Å². The van der Waals surface area contributed by atoms with Crippen LogP contribution in [0.3, 0.4) is 0 Å². The number of carbonyl (C=O) groups is 1. The van der Waals surface area contributed by atoms with Crippen LogP contribution in [0.4, 0.5) is 0 Å². The summed E-state index contributed by atoms with van der Waals surface area (Å²) in [6, 6.07) is 7.08. The average molecular weight is 410 g/mol. The second kappa shape index (κ2) is 8.72. The Balaban J connectivity index is 1.25. The Labute approximate surface area is 179 Å². The first-order valence-electron chi connectivity index (χ1n) is 11.9. The summed E-state index contributed by atoms with van der Waals surface area (Å²) in [7, 11) is 2.24. The molecule has 2 fully saturated rings. The number of H-pyrrole nitrogens is 1. The number of carbonyl (C=O) groups excluding carboxylic acids is 1. The Hall–Kier alpha value is -1.85. The van der Waals surface area contributed by atoms with Crippen LogP contribution in [-0.4, -0.2) is 54.7 Å². The number of nitrogens with zero attached hydrogens (tertiary/aromatic N) is 1. The van der Waals surface area contributed by atoms with E-state index in [0.717, 1.165) is 45.2 Å². The number of likely N-dealkylation sites (tertiary alicyclic amines) is 1. The van der Waals surface area contributed by atoms with Crippen LogP contribution in [0.2, 0.25) is 0 Å². The van der Waals surface area contributed by atoms with E-state index in [9.17, 15) is 4.79 Å². The summed E-state index contributed by atoms with van der Waals surface area (Å²) in [5, 5.41) is 4.87. The second-order valence-electron chi connectivity index (χ2n) is 9.70. The van der Waals surface area contributed by atoms with Gasteiger partial charge in [0, 0.05) is 41.5 Å². The van der Waals surface area contributed by atoms with Gasteiger partial charge in [-0.05, 0) is 56.5 Å². The molecule has 1 aliphatic carbocycles. The fourth-order valence-corrected chi connectivity index (χ4v) is 6.06. The molecule has 3 aliphatic rings. The lowest BCUT2D eigenvalue weighted by atomic mass is 9.72. The van der Waals surface area contributed by atoms with Gasteiger partial charge in [0.15, 0.2) is 0 Å². The number of benzene rings is 1. The van der Waals surface area contributed by atoms with Gasteiger partial charge in [0.05, 0.1) is 6.61 Å². The van der Waals surface area contributed by atoms with E-state index in [0.29, 0.717) is 24.5 Å². The molecule has 0 bridgehead atoms. The van der Waals surface area contributed by atoms with Crippen LogP contribution in [0, 0.1) is 5.92 Å². The Kier molecular flexibility index (Phi) is 5.83. The Morgan fingerprint density at radius 1 is 1.20 bits per heavy atom. The normalized spacial score (nSPS) is 30.2. The van der Waals surface area contributed by atoms with Crippen molar-refractivity contribution >= 4 is 16.9 Å². The zero-order valence-electron chi connectivity index (χ0n) is 18.2. The summed E-state index contributed by atoms with van der Waals surface area (Å²) in [5.41, 5.74) is 4.18. The third kappa shape index (κ3) is 3.90. The number of hydrogen-bond donors (Lipinski definition) is 2. The molecule has 0 spiro atoms. The largest absolute Gasteiger partial charge is 0.464 e. The zero-order valence-corrected chi connectivity index (χ0v) is 18.2. The molecule has 5 nitrogen and oxygen atoms in total. The predicted molar refractivity (Wildman–Crippen MR) is 120 cm³/mol. The van der Waals surface area contributed by atoms with Crippen LogP contribution in [-0.2, 0) is 16.0 Å². The summed E-state index contributed by atoms with van der Waals surface area (Å²) in [6.07, 6.45) is 11.4. The van der Waals surface area contributed by atoms with Crippen molar-refractivity contribution in [3.8, 4) is 0 Å². The van der Waals surface area contributed by atoms with Gasteiger partial charge < -0.3 is 19.9 Å². The monoisotopic (exact) mass is 409 g/mol. The number of hydrogen-bond acceptors (Lipinski definition) is 4. The lowest BCUT2D eigenvalue weighted by Crippen LogP contribution is -2.49. The summed E-state index contributed by atoms with van der Waals surface area (Å²) < 4.78 is 5.88. The summed E-state index contributed by atoms with van der Waals surface area (Å²) in [4.78, 5) is 18.7. The van der Waals surface area contributed by atoms with Crippen LogP contribution in [0.25, 0.3) is 10.9 Å². The molecule has 2 N–H and O–H groups in total. The maximum absolute atomic E-state index is 12.8. The molecule has 1 aromatic carbocycles. The van der Waals surface area contributed by atoms with Crippen molar-refractivity contribution in [2.24, 2.45) is 5.92 Å². The maximum atomic E-state index is 12.8. The van der Waals surface area contributed by atoms with E-state index in [2.05, 4.69) is 46.6 Å². The highest BCUT2D eigenvalue weighted by Crippen LogP contribution is 2.44. The molecule has 162 valence electrons. The van der Waals surface area contributed by atoms with Gasteiger partial charge >= 0.3 is 5.97 Å². The number of ether oxygens (including phenoxy) is 1. The third-order valence-corrected chi connectivity index (χ3v) is 7.62. The molecule has 0 amide bonds. The topological polar surface area (TPSA) is 57.4 Å². The molecule has 30 heavy (non-hydrogen) atoms. The van der Waals surface area contributed by atoms with Crippen LogP contribution in [0.1, 0.15) is 62.0 Å².